The zero-order chi connectivity index (χ0) is 21.5. The average Bonchev–Trinajstić information content (AvgIpc) is 3.45. The summed E-state index contributed by atoms with van der Waals surface area (Å²) in [6, 6.07) is 13.4. The summed E-state index contributed by atoms with van der Waals surface area (Å²) in [6.45, 7) is 3.26. The maximum absolute atomic E-state index is 13.8. The lowest BCUT2D eigenvalue weighted by Crippen LogP contribution is -2.41. The van der Waals surface area contributed by atoms with Gasteiger partial charge in [0.05, 0.1) is 34.8 Å². The van der Waals surface area contributed by atoms with E-state index in [2.05, 4.69) is 11.5 Å². The molecule has 2 aliphatic heterocycles. The van der Waals surface area contributed by atoms with E-state index in [0.29, 0.717) is 30.0 Å². The fraction of sp³-hybridized carbons (Fsp3) is 0.333. The summed E-state index contributed by atoms with van der Waals surface area (Å²) < 4.78 is 6.95. The Hall–Kier alpha value is -2.90. The van der Waals surface area contributed by atoms with Crippen molar-refractivity contribution in [2.75, 3.05) is 25.7 Å². The highest BCUT2D eigenvalue weighted by atomic mass is 32.1. The average molecular weight is 436 g/mol. The highest BCUT2D eigenvalue weighted by Crippen LogP contribution is 2.40. The zero-order valence-corrected chi connectivity index (χ0v) is 18.4. The third kappa shape index (κ3) is 3.28. The van der Waals surface area contributed by atoms with Gasteiger partial charge in [0.15, 0.2) is 0 Å². The number of pyridine rings is 1. The van der Waals surface area contributed by atoms with E-state index in [1.54, 1.807) is 29.2 Å². The highest BCUT2D eigenvalue weighted by Gasteiger charge is 2.35. The van der Waals surface area contributed by atoms with E-state index in [1.165, 1.54) is 0 Å². The molecule has 0 bridgehead atoms. The number of likely N-dealkylation sites (tertiary alicyclic amines) is 1. The molecule has 1 unspecified atom stereocenters. The molecule has 0 spiro atoms. The van der Waals surface area contributed by atoms with Crippen LogP contribution in [0.3, 0.4) is 0 Å². The van der Waals surface area contributed by atoms with Gasteiger partial charge in [-0.25, -0.2) is 4.68 Å². The number of benzene rings is 1. The second-order valence-corrected chi connectivity index (χ2v) is 9.05. The SMILES string of the molecule is COC[C@H]1CCCN1C(=O)c1cc(-c2ccccc2)c(=O)n2c1-c1sccc1C(C)N2. The number of ether oxygens (including phenoxy) is 1. The Kier molecular flexibility index (Phi) is 5.16. The van der Waals surface area contributed by atoms with E-state index in [9.17, 15) is 9.59 Å². The van der Waals surface area contributed by atoms with Crippen molar-refractivity contribution < 1.29 is 9.53 Å². The molecule has 2 aromatic heterocycles. The molecular weight excluding hydrogens is 410 g/mol. The van der Waals surface area contributed by atoms with Crippen LogP contribution in [0.4, 0.5) is 0 Å². The zero-order valence-electron chi connectivity index (χ0n) is 17.6. The summed E-state index contributed by atoms with van der Waals surface area (Å²) in [5.74, 6) is -0.0452. The molecule has 6 nitrogen and oxygen atoms in total. The third-order valence-corrected chi connectivity index (χ3v) is 7.15. The fourth-order valence-corrected chi connectivity index (χ4v) is 5.74. The van der Waals surface area contributed by atoms with Gasteiger partial charge in [0, 0.05) is 19.2 Å². The van der Waals surface area contributed by atoms with Crippen LogP contribution in [0.5, 0.6) is 0 Å². The van der Waals surface area contributed by atoms with Gasteiger partial charge in [0.2, 0.25) is 0 Å². The fourth-order valence-electron chi connectivity index (χ4n) is 4.69. The van der Waals surface area contributed by atoms with Crippen LogP contribution in [-0.4, -0.2) is 41.8 Å². The maximum atomic E-state index is 13.8. The van der Waals surface area contributed by atoms with Gasteiger partial charge in [0.25, 0.3) is 11.5 Å². The van der Waals surface area contributed by atoms with Gasteiger partial charge in [-0.2, -0.15) is 0 Å². The monoisotopic (exact) mass is 435 g/mol. The number of rotatable bonds is 4. The molecule has 2 atom stereocenters. The molecule has 1 fully saturated rings. The van der Waals surface area contributed by atoms with Crippen LogP contribution >= 0.6 is 11.3 Å². The standard InChI is InChI=1S/C24H25N3O3S/c1-15-18-10-12-31-22(18)21-20(23(28)26-11-6-9-17(26)14-30-2)13-19(24(29)27(21)25-15)16-7-4-3-5-8-16/h3-5,7-8,10,12-13,15,17,25H,6,9,11,14H2,1-2H3/t15?,17-/m1/s1. The number of carbonyl (C=O) groups excluding carboxylic acids is 1. The number of thiophene rings is 1. The summed E-state index contributed by atoms with van der Waals surface area (Å²) >= 11 is 1.57. The van der Waals surface area contributed by atoms with E-state index < -0.39 is 0 Å². The van der Waals surface area contributed by atoms with Crippen LogP contribution < -0.4 is 11.0 Å². The first-order chi connectivity index (χ1) is 15.1. The van der Waals surface area contributed by atoms with E-state index in [1.807, 2.05) is 47.5 Å². The molecule has 1 N–H and O–H groups in total. The lowest BCUT2D eigenvalue weighted by molar-refractivity contribution is 0.0630. The minimum atomic E-state index is -0.140. The lowest BCUT2D eigenvalue weighted by atomic mass is 9.98. The van der Waals surface area contributed by atoms with Crippen LogP contribution in [0.1, 0.15) is 41.7 Å². The van der Waals surface area contributed by atoms with Gasteiger partial charge in [0.1, 0.15) is 0 Å². The van der Waals surface area contributed by atoms with Crippen molar-refractivity contribution in [1.29, 1.82) is 0 Å². The number of nitrogens with zero attached hydrogens (tertiary/aromatic N) is 2. The van der Waals surface area contributed by atoms with Crippen molar-refractivity contribution in [3.05, 3.63) is 69.3 Å². The Morgan fingerprint density at radius 1 is 1.26 bits per heavy atom. The molecule has 0 saturated carbocycles. The van der Waals surface area contributed by atoms with E-state index in [0.717, 1.165) is 28.8 Å². The second-order valence-electron chi connectivity index (χ2n) is 8.13. The second kappa shape index (κ2) is 7.98. The molecule has 7 heteroatoms. The predicted molar refractivity (Wildman–Crippen MR) is 123 cm³/mol. The first kappa shape index (κ1) is 20.0. The quantitative estimate of drug-likeness (QED) is 0.670. The predicted octanol–water partition coefficient (Wildman–Crippen LogP) is 4.11. The minimum absolute atomic E-state index is 0.0200. The van der Waals surface area contributed by atoms with Crippen LogP contribution in [0.15, 0.2) is 52.6 Å². The highest BCUT2D eigenvalue weighted by molar-refractivity contribution is 7.13. The Balaban J connectivity index is 1.73. The van der Waals surface area contributed by atoms with Gasteiger partial charge in [-0.1, -0.05) is 30.3 Å². The molecule has 160 valence electrons. The van der Waals surface area contributed by atoms with Gasteiger partial charge in [-0.05, 0) is 48.4 Å². The Morgan fingerprint density at radius 2 is 2.06 bits per heavy atom. The molecule has 0 radical (unpaired) electrons. The van der Waals surface area contributed by atoms with Crippen molar-refractivity contribution in [3.8, 4) is 21.7 Å². The molecular formula is C24H25N3O3S. The van der Waals surface area contributed by atoms with Crippen molar-refractivity contribution >= 4 is 17.2 Å². The van der Waals surface area contributed by atoms with Crippen LogP contribution in [0, 0.1) is 0 Å². The van der Waals surface area contributed by atoms with Gasteiger partial charge >= 0.3 is 0 Å². The van der Waals surface area contributed by atoms with Gasteiger partial charge in [-0.3, -0.25) is 9.59 Å². The first-order valence-electron chi connectivity index (χ1n) is 10.6. The smallest absolute Gasteiger partial charge is 0.277 e. The molecule has 31 heavy (non-hydrogen) atoms. The minimum Gasteiger partial charge on any atom is -0.383 e. The van der Waals surface area contributed by atoms with Crippen molar-refractivity contribution in [1.82, 2.24) is 9.58 Å². The summed E-state index contributed by atoms with van der Waals surface area (Å²) in [7, 11) is 1.67. The number of hydrogen-bond donors (Lipinski definition) is 1. The van der Waals surface area contributed by atoms with Crippen LogP contribution in [-0.2, 0) is 4.74 Å². The van der Waals surface area contributed by atoms with E-state index in [4.69, 9.17) is 4.74 Å². The Bertz CT molecular complexity index is 1180. The number of nitrogens with one attached hydrogen (secondary N) is 1. The molecule has 5 rings (SSSR count). The Morgan fingerprint density at radius 3 is 2.84 bits per heavy atom. The van der Waals surface area contributed by atoms with Crippen molar-refractivity contribution in [2.45, 2.75) is 31.8 Å². The summed E-state index contributed by atoms with van der Waals surface area (Å²) in [5, 5.41) is 2.02. The first-order valence-corrected chi connectivity index (χ1v) is 11.5. The normalized spacial score (nSPS) is 19.6. The third-order valence-electron chi connectivity index (χ3n) is 6.21. The number of aromatic nitrogens is 1. The van der Waals surface area contributed by atoms with Crippen molar-refractivity contribution in [2.24, 2.45) is 0 Å². The molecule has 0 aliphatic carbocycles. The van der Waals surface area contributed by atoms with Gasteiger partial charge in [-0.15, -0.1) is 11.3 Å². The summed E-state index contributed by atoms with van der Waals surface area (Å²) in [5.41, 5.74) is 6.84. The number of amides is 1. The largest absolute Gasteiger partial charge is 0.383 e. The lowest BCUT2D eigenvalue weighted by Gasteiger charge is -2.30. The summed E-state index contributed by atoms with van der Waals surface area (Å²) in [6.07, 6.45) is 1.89. The molecule has 3 aromatic rings. The van der Waals surface area contributed by atoms with Gasteiger partial charge < -0.3 is 15.1 Å². The van der Waals surface area contributed by atoms with E-state index in [-0.39, 0.29) is 23.6 Å². The van der Waals surface area contributed by atoms with Crippen LogP contribution in [0.25, 0.3) is 21.7 Å². The summed E-state index contributed by atoms with van der Waals surface area (Å²) in [4.78, 5) is 30.2. The van der Waals surface area contributed by atoms with E-state index >= 15 is 0 Å². The van der Waals surface area contributed by atoms with Crippen molar-refractivity contribution in [3.63, 3.8) is 0 Å². The maximum Gasteiger partial charge on any atom is 0.277 e. The molecule has 4 heterocycles. The molecule has 1 amide bonds. The van der Waals surface area contributed by atoms with Crippen LogP contribution in [0.2, 0.25) is 0 Å². The topological polar surface area (TPSA) is 63.6 Å². The molecule has 1 saturated heterocycles. The number of hydrogen-bond acceptors (Lipinski definition) is 5. The Labute approximate surface area is 185 Å². The molecule has 2 aliphatic rings. The number of carbonyl (C=O) groups is 1. The number of methoxy groups -OCH3 is 1. The number of fused-ring (bicyclic) bond motifs is 3. The molecule has 1 aromatic carbocycles.